The summed E-state index contributed by atoms with van der Waals surface area (Å²) < 4.78 is 0. The first kappa shape index (κ1) is 22.6. The van der Waals surface area contributed by atoms with E-state index >= 15 is 0 Å². The zero-order valence-corrected chi connectivity index (χ0v) is 19.5. The number of anilines is 2. The molecule has 0 aromatic heterocycles. The number of rotatable bonds is 7. The van der Waals surface area contributed by atoms with Gasteiger partial charge in [0.2, 0.25) is 5.91 Å². The van der Waals surface area contributed by atoms with Crippen molar-refractivity contribution in [1.82, 2.24) is 0 Å². The number of carbonyl (C=O) groups is 2. The molecule has 0 saturated heterocycles. The zero-order valence-electron chi connectivity index (χ0n) is 18.7. The summed E-state index contributed by atoms with van der Waals surface area (Å²) in [6.07, 6.45) is 0.684. The Labute approximate surface area is 198 Å². The van der Waals surface area contributed by atoms with E-state index in [9.17, 15) is 9.59 Å². The molecule has 0 saturated carbocycles. The van der Waals surface area contributed by atoms with Crippen LogP contribution in [0.15, 0.2) is 95.9 Å². The third-order valence-electron chi connectivity index (χ3n) is 5.33. The number of hydrogen-bond donors (Lipinski definition) is 2. The normalized spacial score (nSPS) is 11.7. The van der Waals surface area contributed by atoms with Crippen molar-refractivity contribution in [2.24, 2.45) is 0 Å². The predicted molar refractivity (Wildman–Crippen MR) is 138 cm³/mol. The molecule has 1 atom stereocenters. The van der Waals surface area contributed by atoms with Gasteiger partial charge in [0.15, 0.2) is 0 Å². The quantitative estimate of drug-likeness (QED) is 0.298. The molecule has 0 aliphatic rings. The number of amides is 2. The van der Waals surface area contributed by atoms with Gasteiger partial charge in [-0.05, 0) is 66.6 Å². The molecular formula is C28H26N2O2S. The summed E-state index contributed by atoms with van der Waals surface area (Å²) in [6, 6.07) is 29.1. The van der Waals surface area contributed by atoms with Gasteiger partial charge in [-0.1, -0.05) is 61.0 Å². The fourth-order valence-corrected chi connectivity index (χ4v) is 4.63. The van der Waals surface area contributed by atoms with Crippen LogP contribution in [-0.4, -0.2) is 17.1 Å². The molecule has 0 aliphatic heterocycles. The number of thioether (sulfide) groups is 1. The fourth-order valence-electron chi connectivity index (χ4n) is 3.61. The van der Waals surface area contributed by atoms with Gasteiger partial charge in [-0.2, -0.15) is 0 Å². The summed E-state index contributed by atoms with van der Waals surface area (Å²) in [4.78, 5) is 26.5. The molecule has 4 aromatic carbocycles. The topological polar surface area (TPSA) is 58.2 Å². The molecule has 4 rings (SSSR count). The Morgan fingerprint density at radius 1 is 0.788 bits per heavy atom. The van der Waals surface area contributed by atoms with Crippen LogP contribution in [-0.2, 0) is 4.79 Å². The van der Waals surface area contributed by atoms with Gasteiger partial charge in [-0.25, -0.2) is 0 Å². The summed E-state index contributed by atoms with van der Waals surface area (Å²) in [6.45, 7) is 3.96. The summed E-state index contributed by atoms with van der Waals surface area (Å²) in [7, 11) is 0. The van der Waals surface area contributed by atoms with E-state index in [-0.39, 0.29) is 17.1 Å². The summed E-state index contributed by atoms with van der Waals surface area (Å²) in [5, 5.41) is 7.98. The smallest absolute Gasteiger partial charge is 0.255 e. The second kappa shape index (κ2) is 10.4. The Bertz CT molecular complexity index is 1300. The van der Waals surface area contributed by atoms with Crippen molar-refractivity contribution in [1.29, 1.82) is 0 Å². The molecule has 4 nitrogen and oxygen atoms in total. The molecule has 166 valence electrons. The molecule has 0 bridgehead atoms. The average molecular weight is 455 g/mol. The third-order valence-corrected chi connectivity index (χ3v) is 6.69. The Hall–Kier alpha value is -3.57. The van der Waals surface area contributed by atoms with Crippen LogP contribution < -0.4 is 10.6 Å². The van der Waals surface area contributed by atoms with Gasteiger partial charge in [0.05, 0.1) is 5.25 Å². The number of hydrogen-bond acceptors (Lipinski definition) is 3. The van der Waals surface area contributed by atoms with E-state index in [1.165, 1.54) is 11.8 Å². The van der Waals surface area contributed by atoms with Crippen molar-refractivity contribution in [2.45, 2.75) is 30.4 Å². The average Bonchev–Trinajstić information content (AvgIpc) is 2.82. The van der Waals surface area contributed by atoms with Gasteiger partial charge in [-0.3, -0.25) is 9.59 Å². The van der Waals surface area contributed by atoms with E-state index in [1.807, 2.05) is 92.7 Å². The van der Waals surface area contributed by atoms with E-state index in [0.29, 0.717) is 17.7 Å². The van der Waals surface area contributed by atoms with Gasteiger partial charge >= 0.3 is 0 Å². The maximum absolute atomic E-state index is 13.0. The fraction of sp³-hybridized carbons (Fsp3) is 0.143. The van der Waals surface area contributed by atoms with Crippen molar-refractivity contribution >= 4 is 45.7 Å². The van der Waals surface area contributed by atoms with E-state index in [2.05, 4.69) is 16.7 Å². The van der Waals surface area contributed by atoms with E-state index < -0.39 is 0 Å². The third kappa shape index (κ3) is 5.82. The molecule has 5 heteroatoms. The SMILES string of the molecule is CCC(Sc1cccc(NC(=O)c2cccc(C)c2)c1)C(=O)Nc1ccc2ccccc2c1. The van der Waals surface area contributed by atoms with Crippen molar-refractivity contribution in [3.63, 3.8) is 0 Å². The van der Waals surface area contributed by atoms with E-state index in [0.717, 1.165) is 26.9 Å². The van der Waals surface area contributed by atoms with Crippen LogP contribution in [0.5, 0.6) is 0 Å². The molecule has 0 heterocycles. The first-order chi connectivity index (χ1) is 16.0. The van der Waals surface area contributed by atoms with Gasteiger partial charge in [0.1, 0.15) is 0 Å². The largest absolute Gasteiger partial charge is 0.325 e. The van der Waals surface area contributed by atoms with Crippen LogP contribution in [0.25, 0.3) is 10.8 Å². The summed E-state index contributed by atoms with van der Waals surface area (Å²) in [5.74, 6) is -0.186. The summed E-state index contributed by atoms with van der Waals surface area (Å²) >= 11 is 1.50. The molecular weight excluding hydrogens is 428 g/mol. The first-order valence-corrected chi connectivity index (χ1v) is 11.8. The Morgan fingerprint density at radius 2 is 1.55 bits per heavy atom. The number of carbonyl (C=O) groups excluding carboxylic acids is 2. The van der Waals surface area contributed by atoms with Gasteiger partial charge in [0.25, 0.3) is 5.91 Å². The van der Waals surface area contributed by atoms with E-state index in [1.54, 1.807) is 6.07 Å². The standard InChI is InChI=1S/C28H26N2O2S/c1-3-26(28(32)30-24-15-14-20-9-4-5-10-21(20)17-24)33-25-13-7-12-23(18-25)29-27(31)22-11-6-8-19(2)16-22/h4-18,26H,3H2,1-2H3,(H,29,31)(H,30,32). The minimum absolute atomic E-state index is 0.0352. The molecule has 0 radical (unpaired) electrons. The molecule has 0 aliphatic carbocycles. The van der Waals surface area contributed by atoms with E-state index in [4.69, 9.17) is 0 Å². The van der Waals surface area contributed by atoms with Crippen molar-refractivity contribution in [2.75, 3.05) is 10.6 Å². The number of nitrogens with one attached hydrogen (secondary N) is 2. The summed E-state index contributed by atoms with van der Waals surface area (Å²) in [5.41, 5.74) is 3.15. The van der Waals surface area contributed by atoms with Crippen LogP contribution in [0.1, 0.15) is 29.3 Å². The molecule has 2 N–H and O–H groups in total. The second-order valence-electron chi connectivity index (χ2n) is 7.92. The van der Waals surface area contributed by atoms with Crippen LogP contribution in [0.2, 0.25) is 0 Å². The molecule has 1 unspecified atom stereocenters. The highest BCUT2D eigenvalue weighted by Gasteiger charge is 2.18. The van der Waals surface area contributed by atoms with Gasteiger partial charge in [0, 0.05) is 21.8 Å². The van der Waals surface area contributed by atoms with Crippen LogP contribution in [0.3, 0.4) is 0 Å². The lowest BCUT2D eigenvalue weighted by molar-refractivity contribution is -0.115. The first-order valence-electron chi connectivity index (χ1n) is 11.0. The van der Waals surface area contributed by atoms with Crippen molar-refractivity contribution < 1.29 is 9.59 Å². The Morgan fingerprint density at radius 3 is 2.33 bits per heavy atom. The number of aryl methyl sites for hydroxylation is 1. The minimum Gasteiger partial charge on any atom is -0.325 e. The lowest BCUT2D eigenvalue weighted by Crippen LogP contribution is -2.24. The predicted octanol–water partition coefficient (Wildman–Crippen LogP) is 6.91. The molecule has 4 aromatic rings. The maximum Gasteiger partial charge on any atom is 0.255 e. The highest BCUT2D eigenvalue weighted by molar-refractivity contribution is 8.00. The highest BCUT2D eigenvalue weighted by atomic mass is 32.2. The lowest BCUT2D eigenvalue weighted by atomic mass is 10.1. The van der Waals surface area contributed by atoms with Crippen LogP contribution in [0, 0.1) is 6.92 Å². The Kier molecular flexibility index (Phi) is 7.10. The van der Waals surface area contributed by atoms with Crippen LogP contribution in [0.4, 0.5) is 11.4 Å². The van der Waals surface area contributed by atoms with Gasteiger partial charge < -0.3 is 10.6 Å². The number of benzene rings is 4. The monoisotopic (exact) mass is 454 g/mol. The Balaban J connectivity index is 1.43. The van der Waals surface area contributed by atoms with Crippen LogP contribution >= 0.6 is 11.8 Å². The zero-order chi connectivity index (χ0) is 23.2. The maximum atomic E-state index is 13.0. The lowest BCUT2D eigenvalue weighted by Gasteiger charge is -2.16. The molecule has 2 amide bonds. The molecule has 0 fully saturated rings. The second-order valence-corrected chi connectivity index (χ2v) is 9.19. The number of fused-ring (bicyclic) bond motifs is 1. The highest BCUT2D eigenvalue weighted by Crippen LogP contribution is 2.29. The molecule has 33 heavy (non-hydrogen) atoms. The molecule has 0 spiro atoms. The van der Waals surface area contributed by atoms with Gasteiger partial charge in [-0.15, -0.1) is 11.8 Å². The van der Waals surface area contributed by atoms with Crippen molar-refractivity contribution in [3.8, 4) is 0 Å². The minimum atomic E-state index is -0.251. The van der Waals surface area contributed by atoms with Crippen molar-refractivity contribution in [3.05, 3.63) is 102 Å².